The monoisotopic (exact) mass is 396 g/mol. The van der Waals surface area contributed by atoms with Crippen LogP contribution in [0.5, 0.6) is 0 Å². The Bertz CT molecular complexity index is 870. The summed E-state index contributed by atoms with van der Waals surface area (Å²) in [6.45, 7) is 7.59. The van der Waals surface area contributed by atoms with E-state index < -0.39 is 0 Å². The van der Waals surface area contributed by atoms with Gasteiger partial charge in [0.1, 0.15) is 0 Å². The van der Waals surface area contributed by atoms with E-state index in [1.54, 1.807) is 55.5 Å². The van der Waals surface area contributed by atoms with Crippen LogP contribution < -0.4 is 21.3 Å². The quantitative estimate of drug-likeness (QED) is 0.574. The number of carbonyl (C=O) groups excluding carboxylic acids is 3. The van der Waals surface area contributed by atoms with Gasteiger partial charge < -0.3 is 21.3 Å². The van der Waals surface area contributed by atoms with Crippen LogP contribution in [-0.2, 0) is 9.59 Å². The van der Waals surface area contributed by atoms with Gasteiger partial charge in [-0.05, 0) is 63.2 Å². The van der Waals surface area contributed by atoms with Crippen molar-refractivity contribution in [2.24, 2.45) is 0 Å². The zero-order valence-electron chi connectivity index (χ0n) is 17.3. The normalized spacial score (nSPS) is 10.8. The molecule has 0 bridgehead atoms. The van der Waals surface area contributed by atoms with E-state index in [4.69, 9.17) is 0 Å². The first-order valence-electron chi connectivity index (χ1n) is 9.52. The van der Waals surface area contributed by atoms with Crippen molar-refractivity contribution in [2.45, 2.75) is 39.7 Å². The lowest BCUT2D eigenvalue weighted by Crippen LogP contribution is -2.40. The van der Waals surface area contributed by atoms with E-state index in [-0.39, 0.29) is 29.8 Å². The molecule has 3 amide bonds. The molecule has 0 atom stereocenters. The predicted molar refractivity (Wildman–Crippen MR) is 116 cm³/mol. The summed E-state index contributed by atoms with van der Waals surface area (Å²) in [7, 11) is 0. The van der Waals surface area contributed by atoms with Crippen LogP contribution in [0, 0.1) is 0 Å². The molecule has 0 fully saturated rings. The average Bonchev–Trinajstić information content (AvgIpc) is 2.66. The van der Waals surface area contributed by atoms with Gasteiger partial charge in [0.25, 0.3) is 5.91 Å². The molecule has 0 aliphatic carbocycles. The first-order valence-corrected chi connectivity index (χ1v) is 9.52. The van der Waals surface area contributed by atoms with Crippen molar-refractivity contribution in [2.75, 3.05) is 22.5 Å². The van der Waals surface area contributed by atoms with Crippen molar-refractivity contribution < 1.29 is 14.4 Å². The molecule has 7 heteroatoms. The number of carbonyl (C=O) groups is 3. The number of rotatable bonds is 7. The lowest BCUT2D eigenvalue weighted by atomic mass is 10.1. The van der Waals surface area contributed by atoms with Gasteiger partial charge in [0, 0.05) is 34.6 Å². The Morgan fingerprint density at radius 1 is 0.828 bits per heavy atom. The Labute approximate surface area is 171 Å². The molecule has 0 saturated heterocycles. The summed E-state index contributed by atoms with van der Waals surface area (Å²) in [5.74, 6) is -0.454. The number of hydrogen-bond acceptors (Lipinski definition) is 4. The smallest absolute Gasteiger partial charge is 0.251 e. The number of anilines is 3. The van der Waals surface area contributed by atoms with Crippen LogP contribution in [0.3, 0.4) is 0 Å². The summed E-state index contributed by atoms with van der Waals surface area (Å²) < 4.78 is 0. The fourth-order valence-electron chi connectivity index (χ4n) is 2.46. The summed E-state index contributed by atoms with van der Waals surface area (Å²) in [6.07, 6.45) is 0.406. The van der Waals surface area contributed by atoms with Gasteiger partial charge in [0.05, 0.1) is 6.54 Å². The van der Waals surface area contributed by atoms with E-state index in [2.05, 4.69) is 21.3 Å². The molecule has 0 aliphatic heterocycles. The molecule has 0 radical (unpaired) electrons. The van der Waals surface area contributed by atoms with Gasteiger partial charge in [-0.3, -0.25) is 14.4 Å². The second kappa shape index (κ2) is 9.73. The maximum atomic E-state index is 12.3. The van der Waals surface area contributed by atoms with Crippen molar-refractivity contribution in [1.29, 1.82) is 0 Å². The summed E-state index contributed by atoms with van der Waals surface area (Å²) in [6, 6.07) is 13.9. The van der Waals surface area contributed by atoms with Gasteiger partial charge in [-0.1, -0.05) is 13.0 Å². The van der Waals surface area contributed by atoms with Crippen LogP contribution in [0.4, 0.5) is 17.1 Å². The molecule has 0 saturated carbocycles. The van der Waals surface area contributed by atoms with Crippen LogP contribution in [0.25, 0.3) is 0 Å². The molecular formula is C22H28N4O3. The van der Waals surface area contributed by atoms with Crippen molar-refractivity contribution in [3.63, 3.8) is 0 Å². The minimum Gasteiger partial charge on any atom is -0.376 e. The van der Waals surface area contributed by atoms with Crippen molar-refractivity contribution in [1.82, 2.24) is 5.32 Å². The largest absolute Gasteiger partial charge is 0.376 e. The third-order valence-corrected chi connectivity index (χ3v) is 3.84. The molecule has 29 heavy (non-hydrogen) atoms. The Morgan fingerprint density at radius 3 is 1.97 bits per heavy atom. The van der Waals surface area contributed by atoms with Crippen LogP contribution in [0.15, 0.2) is 48.5 Å². The van der Waals surface area contributed by atoms with Gasteiger partial charge in [-0.2, -0.15) is 0 Å². The summed E-state index contributed by atoms with van der Waals surface area (Å²) in [4.78, 5) is 35.8. The number of benzene rings is 2. The molecule has 7 nitrogen and oxygen atoms in total. The SMILES string of the molecule is CCC(=O)Nc1ccc(NC(=O)CNc2cccc(C(=O)NC(C)(C)C)c2)cc1. The molecule has 2 rings (SSSR count). The Morgan fingerprint density at radius 2 is 1.41 bits per heavy atom. The third kappa shape index (κ3) is 7.65. The number of hydrogen-bond donors (Lipinski definition) is 4. The second-order valence-electron chi connectivity index (χ2n) is 7.67. The molecular weight excluding hydrogens is 368 g/mol. The summed E-state index contributed by atoms with van der Waals surface area (Å²) in [5.41, 5.74) is 2.19. The molecule has 154 valence electrons. The minimum absolute atomic E-state index is 0.0542. The molecule has 0 spiro atoms. The van der Waals surface area contributed by atoms with Gasteiger partial charge >= 0.3 is 0 Å². The molecule has 0 unspecified atom stereocenters. The first-order chi connectivity index (χ1) is 13.7. The maximum Gasteiger partial charge on any atom is 0.251 e. The Hall–Kier alpha value is -3.35. The molecule has 0 aliphatic rings. The molecule has 0 aromatic heterocycles. The van der Waals surface area contributed by atoms with Crippen molar-refractivity contribution >= 4 is 34.8 Å². The van der Waals surface area contributed by atoms with E-state index in [1.165, 1.54) is 0 Å². The lowest BCUT2D eigenvalue weighted by molar-refractivity contribution is -0.116. The van der Waals surface area contributed by atoms with Crippen LogP contribution in [0.2, 0.25) is 0 Å². The highest BCUT2D eigenvalue weighted by Gasteiger charge is 2.15. The molecule has 4 N–H and O–H groups in total. The summed E-state index contributed by atoms with van der Waals surface area (Å²) >= 11 is 0. The highest BCUT2D eigenvalue weighted by molar-refractivity contribution is 5.97. The predicted octanol–water partition coefficient (Wildman–Crippen LogP) is 3.61. The molecule has 2 aromatic rings. The van der Waals surface area contributed by atoms with Gasteiger partial charge in [-0.15, -0.1) is 0 Å². The van der Waals surface area contributed by atoms with E-state index in [9.17, 15) is 14.4 Å². The molecule has 2 aromatic carbocycles. The Kier molecular flexibility index (Phi) is 7.36. The lowest BCUT2D eigenvalue weighted by Gasteiger charge is -2.20. The van der Waals surface area contributed by atoms with E-state index >= 15 is 0 Å². The van der Waals surface area contributed by atoms with E-state index in [0.717, 1.165) is 0 Å². The standard InChI is InChI=1S/C22H28N4O3/c1-5-19(27)24-16-9-11-17(12-10-16)25-20(28)14-23-18-8-6-7-15(13-18)21(29)26-22(2,3)4/h6-13,23H,5,14H2,1-4H3,(H,24,27)(H,25,28)(H,26,29). The fraction of sp³-hybridized carbons (Fsp3) is 0.318. The van der Waals surface area contributed by atoms with E-state index in [0.29, 0.717) is 29.0 Å². The second-order valence-corrected chi connectivity index (χ2v) is 7.67. The highest BCUT2D eigenvalue weighted by Crippen LogP contribution is 2.15. The van der Waals surface area contributed by atoms with Crippen LogP contribution in [-0.4, -0.2) is 29.8 Å². The fourth-order valence-corrected chi connectivity index (χ4v) is 2.46. The van der Waals surface area contributed by atoms with Gasteiger partial charge in [-0.25, -0.2) is 0 Å². The van der Waals surface area contributed by atoms with Crippen molar-refractivity contribution in [3.05, 3.63) is 54.1 Å². The van der Waals surface area contributed by atoms with Crippen LogP contribution >= 0.6 is 0 Å². The average molecular weight is 396 g/mol. The van der Waals surface area contributed by atoms with Crippen LogP contribution in [0.1, 0.15) is 44.5 Å². The molecule has 0 heterocycles. The van der Waals surface area contributed by atoms with Gasteiger partial charge in [0.2, 0.25) is 11.8 Å². The first kappa shape index (κ1) is 21.9. The zero-order chi connectivity index (χ0) is 21.4. The summed E-state index contributed by atoms with van der Waals surface area (Å²) in [5, 5.41) is 11.5. The number of nitrogens with one attached hydrogen (secondary N) is 4. The maximum absolute atomic E-state index is 12.3. The minimum atomic E-state index is -0.324. The third-order valence-electron chi connectivity index (χ3n) is 3.84. The zero-order valence-corrected chi connectivity index (χ0v) is 17.3. The van der Waals surface area contributed by atoms with E-state index in [1.807, 2.05) is 20.8 Å². The topological polar surface area (TPSA) is 99.3 Å². The van der Waals surface area contributed by atoms with Gasteiger partial charge in [0.15, 0.2) is 0 Å². The van der Waals surface area contributed by atoms with Crippen molar-refractivity contribution in [3.8, 4) is 0 Å². The Balaban J connectivity index is 1.88. The highest BCUT2D eigenvalue weighted by atomic mass is 16.2. The number of amides is 3.